The molecule has 2 fully saturated rings. The Bertz CT molecular complexity index is 502. The van der Waals surface area contributed by atoms with Gasteiger partial charge in [-0.25, -0.2) is 4.79 Å². The summed E-state index contributed by atoms with van der Waals surface area (Å²) < 4.78 is 5.36. The van der Waals surface area contributed by atoms with E-state index in [2.05, 4.69) is 41.4 Å². The van der Waals surface area contributed by atoms with Crippen molar-refractivity contribution in [3.8, 4) is 0 Å². The molecule has 2 aliphatic heterocycles. The third kappa shape index (κ3) is 4.45. The van der Waals surface area contributed by atoms with E-state index < -0.39 is 0 Å². The maximum Gasteiger partial charge on any atom is 0.317 e. The molecule has 2 heterocycles. The Hall–Kier alpha value is -1.59. The van der Waals surface area contributed by atoms with Gasteiger partial charge < -0.3 is 15.0 Å². The van der Waals surface area contributed by atoms with Crippen LogP contribution in [0.15, 0.2) is 30.3 Å². The van der Waals surface area contributed by atoms with E-state index in [0.717, 1.165) is 52.4 Å². The van der Waals surface area contributed by atoms with Crippen molar-refractivity contribution < 1.29 is 9.53 Å². The Morgan fingerprint density at radius 3 is 2.83 bits per heavy atom. The zero-order chi connectivity index (χ0) is 16.1. The van der Waals surface area contributed by atoms with Gasteiger partial charge in [0.1, 0.15) is 0 Å². The second-order valence-corrected chi connectivity index (χ2v) is 6.68. The topological polar surface area (TPSA) is 44.8 Å². The van der Waals surface area contributed by atoms with Crippen molar-refractivity contribution in [3.05, 3.63) is 35.9 Å². The summed E-state index contributed by atoms with van der Waals surface area (Å²) in [7, 11) is 0. The smallest absolute Gasteiger partial charge is 0.317 e. The lowest BCUT2D eigenvalue weighted by Crippen LogP contribution is -2.56. The number of hydrogen-bond donors (Lipinski definition) is 1. The number of carbonyl (C=O) groups is 1. The standard InChI is InChI=1S/C18H27N3O2/c1-15-12-20(13-16-5-3-2-4-6-16)8-9-21(15)18(22)19-11-17-7-10-23-14-17/h2-6,15,17H,7-14H2,1H3,(H,19,22)/t15-,17-/m1/s1. The minimum atomic E-state index is 0.0729. The predicted molar refractivity (Wildman–Crippen MR) is 90.2 cm³/mol. The molecule has 2 amide bonds. The zero-order valence-electron chi connectivity index (χ0n) is 13.9. The Balaban J connectivity index is 1.45. The van der Waals surface area contributed by atoms with Gasteiger partial charge in [0.2, 0.25) is 0 Å². The molecule has 23 heavy (non-hydrogen) atoms. The fourth-order valence-electron chi connectivity index (χ4n) is 3.40. The molecule has 2 atom stereocenters. The summed E-state index contributed by atoms with van der Waals surface area (Å²) in [5.74, 6) is 0.480. The number of nitrogens with one attached hydrogen (secondary N) is 1. The third-order valence-electron chi connectivity index (χ3n) is 4.79. The van der Waals surface area contributed by atoms with Gasteiger partial charge >= 0.3 is 6.03 Å². The molecule has 2 aliphatic rings. The number of piperazine rings is 1. The normalized spacial score (nSPS) is 25.5. The van der Waals surface area contributed by atoms with Gasteiger partial charge in [-0.2, -0.15) is 0 Å². The lowest BCUT2D eigenvalue weighted by atomic mass is 10.1. The van der Waals surface area contributed by atoms with Crippen LogP contribution in [0.4, 0.5) is 4.79 Å². The minimum Gasteiger partial charge on any atom is -0.381 e. The molecule has 0 aromatic heterocycles. The minimum absolute atomic E-state index is 0.0729. The summed E-state index contributed by atoms with van der Waals surface area (Å²) in [4.78, 5) is 16.8. The van der Waals surface area contributed by atoms with Gasteiger partial charge in [-0.05, 0) is 18.9 Å². The number of nitrogens with zero attached hydrogens (tertiary/aromatic N) is 2. The fourth-order valence-corrected chi connectivity index (χ4v) is 3.40. The second kappa shape index (κ2) is 7.79. The van der Waals surface area contributed by atoms with Crippen LogP contribution >= 0.6 is 0 Å². The number of carbonyl (C=O) groups excluding carboxylic acids is 1. The van der Waals surface area contributed by atoms with E-state index in [9.17, 15) is 4.79 Å². The monoisotopic (exact) mass is 317 g/mol. The predicted octanol–water partition coefficient (Wildman–Crippen LogP) is 1.94. The van der Waals surface area contributed by atoms with Gasteiger partial charge in [0, 0.05) is 51.3 Å². The first kappa shape index (κ1) is 16.3. The molecule has 1 aromatic carbocycles. The van der Waals surface area contributed by atoms with E-state index in [4.69, 9.17) is 4.74 Å². The van der Waals surface area contributed by atoms with Crippen LogP contribution in [0.5, 0.6) is 0 Å². The van der Waals surface area contributed by atoms with E-state index >= 15 is 0 Å². The molecule has 5 nitrogen and oxygen atoms in total. The number of amides is 2. The summed E-state index contributed by atoms with van der Waals surface area (Å²) in [5.41, 5.74) is 1.33. The highest BCUT2D eigenvalue weighted by atomic mass is 16.5. The van der Waals surface area contributed by atoms with E-state index in [1.165, 1.54) is 5.56 Å². The second-order valence-electron chi connectivity index (χ2n) is 6.68. The van der Waals surface area contributed by atoms with Gasteiger partial charge in [-0.1, -0.05) is 30.3 Å². The van der Waals surface area contributed by atoms with Gasteiger partial charge in [0.15, 0.2) is 0 Å². The van der Waals surface area contributed by atoms with Crippen molar-refractivity contribution in [2.45, 2.75) is 25.9 Å². The number of urea groups is 1. The van der Waals surface area contributed by atoms with Crippen molar-refractivity contribution in [1.82, 2.24) is 15.1 Å². The summed E-state index contributed by atoms with van der Waals surface area (Å²) in [6.45, 7) is 8.08. The first-order valence-corrected chi connectivity index (χ1v) is 8.61. The molecule has 0 spiro atoms. The van der Waals surface area contributed by atoms with Gasteiger partial charge in [0.25, 0.3) is 0 Å². The molecule has 0 radical (unpaired) electrons. The Labute approximate surface area is 138 Å². The van der Waals surface area contributed by atoms with Crippen LogP contribution in [0, 0.1) is 5.92 Å². The first-order valence-electron chi connectivity index (χ1n) is 8.61. The third-order valence-corrected chi connectivity index (χ3v) is 4.79. The van der Waals surface area contributed by atoms with Crippen LogP contribution in [0.2, 0.25) is 0 Å². The molecule has 3 rings (SSSR count). The molecular weight excluding hydrogens is 290 g/mol. The van der Waals surface area contributed by atoms with E-state index in [-0.39, 0.29) is 12.1 Å². The highest BCUT2D eigenvalue weighted by Crippen LogP contribution is 2.14. The molecule has 0 bridgehead atoms. The van der Waals surface area contributed by atoms with Crippen molar-refractivity contribution in [3.63, 3.8) is 0 Å². The van der Waals surface area contributed by atoms with Gasteiger partial charge in [-0.15, -0.1) is 0 Å². The van der Waals surface area contributed by atoms with Gasteiger partial charge in [0.05, 0.1) is 6.61 Å². The molecule has 0 unspecified atom stereocenters. The quantitative estimate of drug-likeness (QED) is 0.923. The highest BCUT2D eigenvalue weighted by Gasteiger charge is 2.28. The number of hydrogen-bond acceptors (Lipinski definition) is 3. The van der Waals surface area contributed by atoms with Crippen LogP contribution in [-0.2, 0) is 11.3 Å². The number of benzene rings is 1. The summed E-state index contributed by atoms with van der Waals surface area (Å²) in [6.07, 6.45) is 1.06. The Kier molecular flexibility index (Phi) is 5.51. The van der Waals surface area contributed by atoms with Crippen molar-refractivity contribution >= 4 is 6.03 Å². The summed E-state index contributed by atoms with van der Waals surface area (Å²) in [6, 6.07) is 10.8. The van der Waals surface area contributed by atoms with E-state index in [1.54, 1.807) is 0 Å². The summed E-state index contributed by atoms with van der Waals surface area (Å²) in [5, 5.41) is 3.08. The number of rotatable bonds is 4. The van der Waals surface area contributed by atoms with Crippen molar-refractivity contribution in [1.29, 1.82) is 0 Å². The zero-order valence-corrected chi connectivity index (χ0v) is 13.9. The van der Waals surface area contributed by atoms with Crippen LogP contribution in [0.25, 0.3) is 0 Å². The van der Waals surface area contributed by atoms with Crippen molar-refractivity contribution in [2.75, 3.05) is 39.4 Å². The molecule has 0 saturated carbocycles. The maximum atomic E-state index is 12.4. The lowest BCUT2D eigenvalue weighted by Gasteiger charge is -2.40. The molecule has 1 aromatic rings. The Morgan fingerprint density at radius 2 is 2.13 bits per heavy atom. The van der Waals surface area contributed by atoms with Gasteiger partial charge in [-0.3, -0.25) is 4.90 Å². The van der Waals surface area contributed by atoms with Crippen molar-refractivity contribution in [2.24, 2.45) is 5.92 Å². The average Bonchev–Trinajstić information content (AvgIpc) is 3.07. The largest absolute Gasteiger partial charge is 0.381 e. The molecule has 126 valence electrons. The van der Waals surface area contributed by atoms with E-state index in [1.807, 2.05) is 11.0 Å². The van der Waals surface area contributed by atoms with Crippen LogP contribution in [0.3, 0.4) is 0 Å². The lowest BCUT2D eigenvalue weighted by molar-refractivity contribution is 0.0967. The molecule has 0 aliphatic carbocycles. The molecule has 1 N–H and O–H groups in total. The van der Waals surface area contributed by atoms with Crippen LogP contribution < -0.4 is 5.32 Å². The SMILES string of the molecule is C[C@@H]1CN(Cc2ccccc2)CCN1C(=O)NC[C@H]1CCOC1. The fraction of sp³-hybridized carbons (Fsp3) is 0.611. The summed E-state index contributed by atoms with van der Waals surface area (Å²) >= 11 is 0. The Morgan fingerprint density at radius 1 is 1.30 bits per heavy atom. The maximum absolute atomic E-state index is 12.4. The van der Waals surface area contributed by atoms with Crippen LogP contribution in [-0.4, -0.2) is 61.3 Å². The molecule has 5 heteroatoms. The van der Waals surface area contributed by atoms with E-state index in [0.29, 0.717) is 5.92 Å². The number of ether oxygens (including phenoxy) is 1. The average molecular weight is 317 g/mol. The molecule has 2 saturated heterocycles. The van der Waals surface area contributed by atoms with Crippen LogP contribution in [0.1, 0.15) is 18.9 Å². The molecular formula is C18H27N3O2. The highest BCUT2D eigenvalue weighted by molar-refractivity contribution is 5.74. The first-order chi connectivity index (χ1) is 11.2.